The second kappa shape index (κ2) is 16.0. The summed E-state index contributed by atoms with van der Waals surface area (Å²) >= 11 is 0. The van der Waals surface area contributed by atoms with Crippen LogP contribution in [0.3, 0.4) is 0 Å². The molecule has 0 N–H and O–H groups in total. The second-order valence-electron chi connectivity index (χ2n) is 19.1. The zero-order valence-electron chi connectivity index (χ0n) is 39.1. The highest BCUT2D eigenvalue weighted by Gasteiger charge is 2.44. The van der Waals surface area contributed by atoms with Gasteiger partial charge in [0.1, 0.15) is 23.0 Å². The van der Waals surface area contributed by atoms with Crippen molar-refractivity contribution in [3.63, 3.8) is 0 Å². The molecule has 336 valence electrons. The molecule has 11 aromatic carbocycles. The first-order valence-electron chi connectivity index (χ1n) is 24.8. The summed E-state index contributed by atoms with van der Waals surface area (Å²) in [6.45, 7) is -0.183. The van der Waals surface area contributed by atoms with Gasteiger partial charge >= 0.3 is 0 Å². The van der Waals surface area contributed by atoms with Crippen LogP contribution in [-0.4, -0.2) is 23.9 Å². The van der Waals surface area contributed by atoms with Crippen molar-refractivity contribution in [1.29, 1.82) is 0 Å². The van der Waals surface area contributed by atoms with Gasteiger partial charge in [-0.1, -0.05) is 212 Å². The van der Waals surface area contributed by atoms with Gasteiger partial charge in [0.05, 0.1) is 33.4 Å². The van der Waals surface area contributed by atoms with E-state index >= 15 is 0 Å². The Kier molecular flexibility index (Phi) is 9.04. The maximum absolute atomic E-state index is 7.17. The first-order chi connectivity index (χ1) is 35.7. The monoisotopic (exact) mass is 934 g/mol. The van der Waals surface area contributed by atoms with E-state index in [-0.39, 0.29) is 6.71 Å². The van der Waals surface area contributed by atoms with Crippen LogP contribution in [0, 0.1) is 0 Å². The Labute approximate surface area is 418 Å². The van der Waals surface area contributed by atoms with Crippen LogP contribution in [-0.2, 0) is 0 Å². The lowest BCUT2D eigenvalue weighted by molar-refractivity contribution is 0.463. The van der Waals surface area contributed by atoms with Crippen LogP contribution in [0.25, 0.3) is 66.1 Å². The predicted octanol–water partition coefficient (Wildman–Crippen LogP) is 11.7. The van der Waals surface area contributed by atoms with E-state index in [9.17, 15) is 0 Å². The van der Waals surface area contributed by atoms with E-state index in [1.54, 1.807) is 0 Å². The maximum atomic E-state index is 7.17. The van der Waals surface area contributed by atoms with Crippen LogP contribution in [0.1, 0.15) is 0 Å². The van der Waals surface area contributed by atoms with Gasteiger partial charge in [0.2, 0.25) is 0 Å². The summed E-state index contributed by atoms with van der Waals surface area (Å²) in [4.78, 5) is 0. The number of hydrogen-bond acceptors (Lipinski definition) is 2. The minimum atomic E-state index is -2.90. The normalized spacial score (nSPS) is 12.6. The molecule has 13 aromatic rings. The Balaban J connectivity index is 1.02. The SMILES string of the molecule is c1ccc([Si](c2ccccc2)(c2ccccc2)c2cccc(-c3cc4c(cc3-n3c5ccccc5c5ccccc53)Oc3cccc5c3B4c3cccc(-n4c6ccccc6c6ccccc64)c3O5)c2)cc1. The highest BCUT2D eigenvalue weighted by atomic mass is 28.3. The van der Waals surface area contributed by atoms with Crippen molar-refractivity contribution in [2.45, 2.75) is 0 Å². The van der Waals surface area contributed by atoms with Gasteiger partial charge in [0.25, 0.3) is 6.71 Å². The van der Waals surface area contributed by atoms with Gasteiger partial charge in [0.15, 0.2) is 8.07 Å². The summed E-state index contributed by atoms with van der Waals surface area (Å²) in [6, 6.07) is 95.7. The lowest BCUT2D eigenvalue weighted by Crippen LogP contribution is -2.74. The number of rotatable bonds is 7. The van der Waals surface area contributed by atoms with Gasteiger partial charge in [-0.25, -0.2) is 0 Å². The van der Waals surface area contributed by atoms with E-state index in [0.29, 0.717) is 0 Å². The number of benzene rings is 11. The summed E-state index contributed by atoms with van der Waals surface area (Å²) in [6.07, 6.45) is 0. The van der Waals surface area contributed by atoms with Gasteiger partial charge in [-0.3, -0.25) is 0 Å². The van der Waals surface area contributed by atoms with Crippen LogP contribution in [0.5, 0.6) is 23.0 Å². The molecular formula is C66H43BN2O2Si. The molecule has 15 rings (SSSR count). The number of nitrogens with zero attached hydrogens (tertiary/aromatic N) is 2. The molecule has 0 saturated carbocycles. The van der Waals surface area contributed by atoms with Gasteiger partial charge < -0.3 is 18.6 Å². The van der Waals surface area contributed by atoms with Crippen LogP contribution >= 0.6 is 0 Å². The van der Waals surface area contributed by atoms with E-state index in [1.165, 1.54) is 42.3 Å². The molecule has 0 spiro atoms. The van der Waals surface area contributed by atoms with E-state index in [4.69, 9.17) is 9.47 Å². The summed E-state index contributed by atoms with van der Waals surface area (Å²) < 4.78 is 19.2. The molecule has 0 saturated heterocycles. The first-order valence-corrected chi connectivity index (χ1v) is 26.8. The van der Waals surface area contributed by atoms with E-state index in [2.05, 4.69) is 270 Å². The van der Waals surface area contributed by atoms with E-state index < -0.39 is 8.07 Å². The quantitative estimate of drug-likeness (QED) is 0.118. The number of para-hydroxylation sites is 5. The predicted molar refractivity (Wildman–Crippen MR) is 302 cm³/mol. The van der Waals surface area contributed by atoms with Crippen molar-refractivity contribution in [1.82, 2.24) is 9.13 Å². The Bertz CT molecular complexity index is 4090. The van der Waals surface area contributed by atoms with Gasteiger partial charge in [-0.05, 0) is 79.7 Å². The molecule has 2 aromatic heterocycles. The van der Waals surface area contributed by atoms with Crippen molar-refractivity contribution in [2.24, 2.45) is 0 Å². The fraction of sp³-hybridized carbons (Fsp3) is 0. The van der Waals surface area contributed by atoms with Gasteiger partial charge in [-0.2, -0.15) is 0 Å². The largest absolute Gasteiger partial charge is 0.458 e. The third-order valence-corrected chi connectivity index (χ3v) is 20.2. The molecule has 0 unspecified atom stereocenters. The molecular weight excluding hydrogens is 892 g/mol. The lowest BCUT2D eigenvalue weighted by atomic mass is 9.34. The Morgan fingerprint density at radius 3 is 1.31 bits per heavy atom. The Morgan fingerprint density at radius 2 is 0.764 bits per heavy atom. The van der Waals surface area contributed by atoms with E-state index in [0.717, 1.165) is 84.0 Å². The van der Waals surface area contributed by atoms with Crippen LogP contribution in [0.4, 0.5) is 0 Å². The summed E-state index contributed by atoms with van der Waals surface area (Å²) in [5.41, 5.74) is 12.1. The highest BCUT2D eigenvalue weighted by molar-refractivity contribution is 7.20. The molecule has 2 aliphatic rings. The molecule has 0 radical (unpaired) electrons. The van der Waals surface area contributed by atoms with Crippen molar-refractivity contribution < 1.29 is 9.47 Å². The summed E-state index contributed by atoms with van der Waals surface area (Å²) in [5.74, 6) is 3.30. The Morgan fingerprint density at radius 1 is 0.319 bits per heavy atom. The average molecular weight is 935 g/mol. The van der Waals surface area contributed by atoms with Crippen LogP contribution in [0.15, 0.2) is 261 Å². The first kappa shape index (κ1) is 40.8. The number of ether oxygens (including phenoxy) is 2. The van der Waals surface area contributed by atoms with Gasteiger partial charge in [0, 0.05) is 38.6 Å². The zero-order chi connectivity index (χ0) is 47.3. The highest BCUT2D eigenvalue weighted by Crippen LogP contribution is 2.43. The second-order valence-corrected chi connectivity index (χ2v) is 22.9. The minimum absolute atomic E-state index is 0.183. The molecule has 4 heterocycles. The molecule has 0 fully saturated rings. The molecule has 6 heteroatoms. The fourth-order valence-corrected chi connectivity index (χ4v) is 17.2. The molecule has 0 bridgehead atoms. The lowest BCUT2D eigenvalue weighted by Gasteiger charge is -2.35. The fourth-order valence-electron chi connectivity index (χ4n) is 12.4. The van der Waals surface area contributed by atoms with E-state index in [1.807, 2.05) is 0 Å². The topological polar surface area (TPSA) is 28.3 Å². The third-order valence-electron chi connectivity index (χ3n) is 15.4. The van der Waals surface area contributed by atoms with Crippen molar-refractivity contribution in [3.05, 3.63) is 261 Å². The Hall–Kier alpha value is -9.10. The molecule has 2 aliphatic heterocycles. The molecule has 0 aliphatic carbocycles. The number of hydrogen-bond donors (Lipinski definition) is 0. The van der Waals surface area contributed by atoms with Crippen molar-refractivity contribution in [2.75, 3.05) is 0 Å². The maximum Gasteiger partial charge on any atom is 0.260 e. The molecule has 0 atom stereocenters. The molecule has 4 nitrogen and oxygen atoms in total. The summed E-state index contributed by atoms with van der Waals surface area (Å²) in [5, 5.41) is 10.2. The third kappa shape index (κ3) is 5.87. The van der Waals surface area contributed by atoms with Gasteiger partial charge in [-0.15, -0.1) is 0 Å². The molecule has 72 heavy (non-hydrogen) atoms. The summed E-state index contributed by atoms with van der Waals surface area (Å²) in [7, 11) is -2.90. The average Bonchev–Trinajstić information content (AvgIpc) is 3.97. The zero-order valence-corrected chi connectivity index (χ0v) is 40.1. The van der Waals surface area contributed by atoms with Crippen molar-refractivity contribution >= 4 is 95.5 Å². The number of aromatic nitrogens is 2. The molecule has 0 amide bonds. The van der Waals surface area contributed by atoms with Crippen LogP contribution < -0.4 is 46.6 Å². The number of fused-ring (bicyclic) bond motifs is 10. The van der Waals surface area contributed by atoms with Crippen LogP contribution in [0.2, 0.25) is 0 Å². The standard InChI is InChI=1S/C66H43BN2O2Si/c1-4-22-45(23-5-1)72(46-24-6-2-7-25-46,47-26-8-3-9-27-47)48-28-18-21-44(41-48)53-42-55-64(43-61(53)69-58-36-16-12-31-51(58)52-32-13-17-37-59(52)69)70-62-39-20-40-63-65(62)67(55)54-33-19-38-60(66(54)71-63)68-56-34-14-10-29-49(56)50-30-11-15-35-57(50)68/h1-43H. The smallest absolute Gasteiger partial charge is 0.260 e. The minimum Gasteiger partial charge on any atom is -0.458 e. The van der Waals surface area contributed by atoms with Crippen molar-refractivity contribution in [3.8, 4) is 45.5 Å².